The van der Waals surface area contributed by atoms with Crippen molar-refractivity contribution < 1.29 is 8.42 Å². The number of aliphatic imine (C=N–C) groups is 1. The molecular formula is C9H9ClN2O2S. The molecule has 15 heavy (non-hydrogen) atoms. The molecule has 0 atom stereocenters. The molecule has 0 fully saturated rings. The van der Waals surface area contributed by atoms with Gasteiger partial charge in [-0.05, 0) is 12.1 Å². The van der Waals surface area contributed by atoms with Crippen molar-refractivity contribution in [3.63, 3.8) is 0 Å². The molecule has 6 heteroatoms. The number of fused-ring (bicyclic) bond motifs is 1. The minimum absolute atomic E-state index is 0.0597. The number of hydrogen-bond acceptors (Lipinski definition) is 4. The normalized spacial score (nSPS) is 15.2. The number of para-hydroxylation sites is 1. The summed E-state index contributed by atoms with van der Waals surface area (Å²) in [5, 5.41) is 0. The number of halogens is 1. The van der Waals surface area contributed by atoms with Crippen LogP contribution < -0.4 is 4.90 Å². The summed E-state index contributed by atoms with van der Waals surface area (Å²) in [6.07, 6.45) is 1.66. The van der Waals surface area contributed by atoms with E-state index in [1.807, 2.05) is 18.0 Å². The van der Waals surface area contributed by atoms with Gasteiger partial charge in [0.25, 0.3) is 9.05 Å². The predicted octanol–water partition coefficient (Wildman–Crippen LogP) is 1.77. The van der Waals surface area contributed by atoms with Gasteiger partial charge in [0.15, 0.2) is 0 Å². The molecule has 0 radical (unpaired) electrons. The van der Waals surface area contributed by atoms with E-state index in [-0.39, 0.29) is 4.90 Å². The standard InChI is InChI=1S/C9H9ClN2O2S/c1-12-6-5-11-9-7(12)3-2-4-8(9)15(10,13)14/h2-5H,6H2,1H3. The van der Waals surface area contributed by atoms with Crippen molar-refractivity contribution in [2.45, 2.75) is 4.90 Å². The zero-order valence-corrected chi connectivity index (χ0v) is 9.59. The molecule has 0 saturated carbocycles. The maximum Gasteiger partial charge on any atom is 0.263 e. The summed E-state index contributed by atoms with van der Waals surface area (Å²) in [6.45, 7) is 0.665. The molecule has 0 saturated heterocycles. The van der Waals surface area contributed by atoms with Crippen LogP contribution in [0.15, 0.2) is 28.1 Å². The average Bonchev–Trinajstić information content (AvgIpc) is 2.16. The first kappa shape index (κ1) is 10.4. The summed E-state index contributed by atoms with van der Waals surface area (Å²) in [5.74, 6) is 0. The van der Waals surface area contributed by atoms with E-state index in [1.54, 1.807) is 12.3 Å². The maximum atomic E-state index is 11.3. The molecule has 0 amide bonds. The largest absolute Gasteiger partial charge is 0.368 e. The second-order valence-electron chi connectivity index (χ2n) is 3.25. The van der Waals surface area contributed by atoms with Gasteiger partial charge in [-0.1, -0.05) is 6.07 Å². The Kier molecular flexibility index (Phi) is 2.44. The van der Waals surface area contributed by atoms with Crippen molar-refractivity contribution in [1.29, 1.82) is 0 Å². The van der Waals surface area contributed by atoms with Crippen LogP contribution in [0.2, 0.25) is 0 Å². The second kappa shape index (κ2) is 3.50. The van der Waals surface area contributed by atoms with Crippen LogP contribution >= 0.6 is 10.7 Å². The fourth-order valence-electron chi connectivity index (χ4n) is 1.50. The van der Waals surface area contributed by atoms with Gasteiger partial charge >= 0.3 is 0 Å². The third kappa shape index (κ3) is 1.85. The number of nitrogens with zero attached hydrogens (tertiary/aromatic N) is 2. The Hall–Kier alpha value is -1.07. The Morgan fingerprint density at radius 2 is 2.20 bits per heavy atom. The molecule has 2 rings (SSSR count). The Morgan fingerprint density at radius 1 is 1.47 bits per heavy atom. The van der Waals surface area contributed by atoms with Crippen LogP contribution in [0.25, 0.3) is 0 Å². The van der Waals surface area contributed by atoms with Crippen molar-refractivity contribution in [3.8, 4) is 0 Å². The summed E-state index contributed by atoms with van der Waals surface area (Å²) in [6, 6.07) is 4.93. The first-order chi connectivity index (χ1) is 7.00. The monoisotopic (exact) mass is 244 g/mol. The third-order valence-electron chi connectivity index (χ3n) is 2.23. The molecule has 0 bridgehead atoms. The Bertz CT molecular complexity index is 525. The highest BCUT2D eigenvalue weighted by molar-refractivity contribution is 8.13. The van der Waals surface area contributed by atoms with E-state index >= 15 is 0 Å². The summed E-state index contributed by atoms with van der Waals surface area (Å²) in [4.78, 5) is 6.05. The zero-order chi connectivity index (χ0) is 11.1. The van der Waals surface area contributed by atoms with Crippen LogP contribution in [0.4, 0.5) is 11.4 Å². The molecule has 1 aliphatic heterocycles. The first-order valence-corrected chi connectivity index (χ1v) is 6.62. The molecule has 1 aliphatic rings. The summed E-state index contributed by atoms with van der Waals surface area (Å²) < 4.78 is 22.6. The number of benzene rings is 1. The van der Waals surface area contributed by atoms with E-state index in [4.69, 9.17) is 10.7 Å². The maximum absolute atomic E-state index is 11.3. The summed E-state index contributed by atoms with van der Waals surface area (Å²) >= 11 is 0. The van der Waals surface area contributed by atoms with Gasteiger partial charge in [0, 0.05) is 23.9 Å². The van der Waals surface area contributed by atoms with Crippen molar-refractivity contribution in [2.24, 2.45) is 4.99 Å². The fraction of sp³-hybridized carbons (Fsp3) is 0.222. The van der Waals surface area contributed by atoms with E-state index in [0.29, 0.717) is 12.2 Å². The molecule has 1 aromatic carbocycles. The van der Waals surface area contributed by atoms with Crippen LogP contribution in [0, 0.1) is 0 Å². The molecule has 80 valence electrons. The average molecular weight is 245 g/mol. The van der Waals surface area contributed by atoms with Crippen molar-refractivity contribution in [1.82, 2.24) is 0 Å². The van der Waals surface area contributed by atoms with Gasteiger partial charge < -0.3 is 4.90 Å². The zero-order valence-electron chi connectivity index (χ0n) is 8.01. The highest BCUT2D eigenvalue weighted by atomic mass is 35.7. The molecule has 0 spiro atoms. The summed E-state index contributed by atoms with van der Waals surface area (Å²) in [7, 11) is 3.46. The molecule has 1 aromatic rings. The van der Waals surface area contributed by atoms with Gasteiger partial charge in [-0.3, -0.25) is 4.99 Å². The first-order valence-electron chi connectivity index (χ1n) is 4.31. The third-order valence-corrected chi connectivity index (χ3v) is 3.58. The van der Waals surface area contributed by atoms with Crippen LogP contribution in [0.1, 0.15) is 0 Å². The molecule has 0 aliphatic carbocycles. The van der Waals surface area contributed by atoms with Gasteiger partial charge in [-0.15, -0.1) is 0 Å². The lowest BCUT2D eigenvalue weighted by atomic mass is 10.2. The molecule has 1 heterocycles. The topological polar surface area (TPSA) is 49.7 Å². The lowest BCUT2D eigenvalue weighted by Gasteiger charge is -2.23. The number of hydrogen-bond donors (Lipinski definition) is 0. The molecule has 4 nitrogen and oxygen atoms in total. The van der Waals surface area contributed by atoms with Crippen LogP contribution in [0.3, 0.4) is 0 Å². The van der Waals surface area contributed by atoms with Gasteiger partial charge in [-0.2, -0.15) is 0 Å². The quantitative estimate of drug-likeness (QED) is 0.708. The van der Waals surface area contributed by atoms with E-state index < -0.39 is 9.05 Å². The fourth-order valence-corrected chi connectivity index (χ4v) is 2.50. The van der Waals surface area contributed by atoms with E-state index in [1.165, 1.54) is 6.07 Å². The van der Waals surface area contributed by atoms with Crippen molar-refractivity contribution in [2.75, 3.05) is 18.5 Å². The summed E-state index contributed by atoms with van der Waals surface area (Å²) in [5.41, 5.74) is 1.19. The van der Waals surface area contributed by atoms with Gasteiger partial charge in [-0.25, -0.2) is 8.42 Å². The highest BCUT2D eigenvalue weighted by Gasteiger charge is 2.21. The smallest absolute Gasteiger partial charge is 0.263 e. The Balaban J connectivity index is 2.72. The van der Waals surface area contributed by atoms with E-state index in [2.05, 4.69) is 4.99 Å². The number of rotatable bonds is 1. The van der Waals surface area contributed by atoms with Gasteiger partial charge in [0.1, 0.15) is 10.6 Å². The highest BCUT2D eigenvalue weighted by Crippen LogP contribution is 2.37. The Labute approximate surface area is 92.6 Å². The van der Waals surface area contributed by atoms with Crippen LogP contribution in [0.5, 0.6) is 0 Å². The Morgan fingerprint density at radius 3 is 2.87 bits per heavy atom. The lowest BCUT2D eigenvalue weighted by Crippen LogP contribution is -2.22. The van der Waals surface area contributed by atoms with Gasteiger partial charge in [0.2, 0.25) is 0 Å². The van der Waals surface area contributed by atoms with E-state index in [9.17, 15) is 8.42 Å². The SMILES string of the molecule is CN1CC=Nc2c1cccc2S(=O)(=O)Cl. The second-order valence-corrected chi connectivity index (χ2v) is 5.79. The van der Waals surface area contributed by atoms with Crippen molar-refractivity contribution >= 4 is 37.3 Å². The number of anilines is 1. The van der Waals surface area contributed by atoms with E-state index in [0.717, 1.165) is 5.69 Å². The minimum atomic E-state index is -3.74. The molecule has 0 N–H and O–H groups in total. The molecule has 0 unspecified atom stereocenters. The van der Waals surface area contributed by atoms with Crippen molar-refractivity contribution in [3.05, 3.63) is 18.2 Å². The lowest BCUT2D eigenvalue weighted by molar-refractivity contribution is 0.610. The molecule has 0 aromatic heterocycles. The molecular weight excluding hydrogens is 236 g/mol. The van der Waals surface area contributed by atoms with Gasteiger partial charge in [0.05, 0.1) is 12.2 Å². The van der Waals surface area contributed by atoms with Crippen LogP contribution in [-0.4, -0.2) is 28.2 Å². The predicted molar refractivity (Wildman–Crippen MR) is 60.9 cm³/mol. The minimum Gasteiger partial charge on any atom is -0.368 e. The van der Waals surface area contributed by atoms with Crippen LogP contribution in [-0.2, 0) is 9.05 Å².